The molecule has 0 saturated heterocycles. The Bertz CT molecular complexity index is 633. The van der Waals surface area contributed by atoms with Gasteiger partial charge in [0.15, 0.2) is 0 Å². The van der Waals surface area contributed by atoms with E-state index in [0.717, 1.165) is 11.1 Å². The molecule has 112 valence electrons. The Hall–Kier alpha value is -2.31. The van der Waals surface area contributed by atoms with Crippen LogP contribution in [0, 0.1) is 13.8 Å². The lowest BCUT2D eigenvalue weighted by molar-refractivity contribution is -0.144. The monoisotopic (exact) mass is 296 g/mol. The van der Waals surface area contributed by atoms with Crippen LogP contribution in [0.2, 0.25) is 0 Å². The minimum atomic E-state index is -4.59. The van der Waals surface area contributed by atoms with Crippen molar-refractivity contribution in [1.29, 1.82) is 0 Å². The minimum Gasteiger partial charge on any atom is -0.373 e. The number of anilines is 3. The summed E-state index contributed by atoms with van der Waals surface area (Å²) in [5, 5.41) is 5.48. The highest BCUT2D eigenvalue weighted by molar-refractivity contribution is 5.60. The Morgan fingerprint density at radius 3 is 2.00 bits per heavy atom. The third kappa shape index (κ3) is 3.84. The minimum absolute atomic E-state index is 0.0895. The Morgan fingerprint density at radius 1 is 0.905 bits per heavy atom. The van der Waals surface area contributed by atoms with Crippen LogP contribution in [0.5, 0.6) is 0 Å². The van der Waals surface area contributed by atoms with Gasteiger partial charge in [-0.2, -0.15) is 13.2 Å². The number of alkyl halides is 3. The molecule has 0 aliphatic rings. The van der Waals surface area contributed by atoms with Gasteiger partial charge in [-0.05, 0) is 37.1 Å². The standard InChI is InChI=1S/C14H15F3N4/c1-8-4-9(2)6-10(5-8)19-12-7-11(18-3)20-13(21-12)14(15,16)17/h4-7H,1-3H3,(H2,18,19,20,21). The average molecular weight is 296 g/mol. The molecule has 21 heavy (non-hydrogen) atoms. The zero-order valence-electron chi connectivity index (χ0n) is 11.8. The molecular weight excluding hydrogens is 281 g/mol. The first-order valence-electron chi connectivity index (χ1n) is 6.27. The summed E-state index contributed by atoms with van der Waals surface area (Å²) in [7, 11) is 1.50. The summed E-state index contributed by atoms with van der Waals surface area (Å²) in [4.78, 5) is 6.93. The van der Waals surface area contributed by atoms with Crippen molar-refractivity contribution in [2.45, 2.75) is 20.0 Å². The lowest BCUT2D eigenvalue weighted by Crippen LogP contribution is -2.13. The number of benzene rings is 1. The van der Waals surface area contributed by atoms with Crippen LogP contribution in [-0.2, 0) is 6.18 Å². The molecule has 0 fully saturated rings. The van der Waals surface area contributed by atoms with Crippen molar-refractivity contribution < 1.29 is 13.2 Å². The summed E-state index contributed by atoms with van der Waals surface area (Å²) in [6, 6.07) is 7.07. The maximum absolute atomic E-state index is 12.8. The maximum atomic E-state index is 12.8. The number of nitrogens with one attached hydrogen (secondary N) is 2. The van der Waals surface area contributed by atoms with Gasteiger partial charge in [-0.3, -0.25) is 0 Å². The fourth-order valence-corrected chi connectivity index (χ4v) is 1.96. The molecule has 0 aliphatic heterocycles. The molecule has 0 spiro atoms. The van der Waals surface area contributed by atoms with Crippen LogP contribution in [0.4, 0.5) is 30.5 Å². The van der Waals surface area contributed by atoms with Gasteiger partial charge in [-0.1, -0.05) is 6.07 Å². The molecule has 7 heteroatoms. The second kappa shape index (κ2) is 5.59. The van der Waals surface area contributed by atoms with Crippen molar-refractivity contribution in [2.75, 3.05) is 17.7 Å². The number of rotatable bonds is 3. The maximum Gasteiger partial charge on any atom is 0.451 e. The fourth-order valence-electron chi connectivity index (χ4n) is 1.96. The Morgan fingerprint density at radius 2 is 1.48 bits per heavy atom. The van der Waals surface area contributed by atoms with Crippen LogP contribution < -0.4 is 10.6 Å². The van der Waals surface area contributed by atoms with Gasteiger partial charge in [-0.15, -0.1) is 0 Å². The molecule has 1 heterocycles. The van der Waals surface area contributed by atoms with Crippen molar-refractivity contribution in [3.8, 4) is 0 Å². The number of halogens is 3. The van der Waals surface area contributed by atoms with E-state index >= 15 is 0 Å². The van der Waals surface area contributed by atoms with Crippen molar-refractivity contribution >= 4 is 17.3 Å². The molecule has 0 radical (unpaired) electrons. The molecule has 2 N–H and O–H groups in total. The van der Waals surface area contributed by atoms with E-state index in [9.17, 15) is 13.2 Å². The van der Waals surface area contributed by atoms with Crippen LogP contribution in [0.15, 0.2) is 24.3 Å². The average Bonchev–Trinajstić information content (AvgIpc) is 2.36. The quantitative estimate of drug-likeness (QED) is 0.902. The van der Waals surface area contributed by atoms with E-state index in [1.165, 1.54) is 13.1 Å². The number of hydrogen-bond donors (Lipinski definition) is 2. The zero-order valence-corrected chi connectivity index (χ0v) is 11.8. The number of hydrogen-bond acceptors (Lipinski definition) is 4. The van der Waals surface area contributed by atoms with Gasteiger partial charge in [0, 0.05) is 18.8 Å². The van der Waals surface area contributed by atoms with E-state index < -0.39 is 12.0 Å². The fraction of sp³-hybridized carbons (Fsp3) is 0.286. The molecule has 1 aromatic carbocycles. The van der Waals surface area contributed by atoms with Gasteiger partial charge < -0.3 is 10.6 Å². The van der Waals surface area contributed by atoms with E-state index in [1.54, 1.807) is 0 Å². The lowest BCUT2D eigenvalue weighted by Gasteiger charge is -2.12. The SMILES string of the molecule is CNc1cc(Nc2cc(C)cc(C)c2)nc(C(F)(F)F)n1. The van der Waals surface area contributed by atoms with Gasteiger partial charge in [0.25, 0.3) is 0 Å². The summed E-state index contributed by atoms with van der Waals surface area (Å²) in [5.41, 5.74) is 2.70. The van der Waals surface area contributed by atoms with Gasteiger partial charge in [0.2, 0.25) is 5.82 Å². The summed E-state index contributed by atoms with van der Waals surface area (Å²) in [6.07, 6.45) is -4.59. The molecule has 4 nitrogen and oxygen atoms in total. The van der Waals surface area contributed by atoms with Crippen LogP contribution in [0.1, 0.15) is 17.0 Å². The second-order valence-electron chi connectivity index (χ2n) is 4.71. The predicted octanol–water partition coefficient (Wildman–Crippen LogP) is 3.90. The highest BCUT2D eigenvalue weighted by Gasteiger charge is 2.35. The molecule has 0 bridgehead atoms. The molecule has 0 amide bonds. The van der Waals surface area contributed by atoms with Crippen LogP contribution in [-0.4, -0.2) is 17.0 Å². The number of nitrogens with zero attached hydrogens (tertiary/aromatic N) is 2. The van der Waals surface area contributed by atoms with Gasteiger partial charge in [0.1, 0.15) is 11.6 Å². The molecule has 0 unspecified atom stereocenters. The van der Waals surface area contributed by atoms with Crippen molar-refractivity contribution in [3.05, 3.63) is 41.2 Å². The largest absolute Gasteiger partial charge is 0.451 e. The van der Waals surface area contributed by atoms with Gasteiger partial charge in [-0.25, -0.2) is 9.97 Å². The van der Waals surface area contributed by atoms with Crippen LogP contribution in [0.25, 0.3) is 0 Å². The second-order valence-corrected chi connectivity index (χ2v) is 4.71. The van der Waals surface area contributed by atoms with Gasteiger partial charge in [0.05, 0.1) is 0 Å². The smallest absolute Gasteiger partial charge is 0.373 e. The third-order valence-electron chi connectivity index (χ3n) is 2.73. The van der Waals surface area contributed by atoms with Crippen molar-refractivity contribution in [1.82, 2.24) is 9.97 Å². The molecule has 2 aromatic rings. The Balaban J connectivity index is 2.39. The van der Waals surface area contributed by atoms with Gasteiger partial charge >= 0.3 is 6.18 Å². The molecular formula is C14H15F3N4. The predicted molar refractivity (Wildman–Crippen MR) is 75.8 cm³/mol. The van der Waals surface area contributed by atoms with Crippen molar-refractivity contribution in [2.24, 2.45) is 0 Å². The third-order valence-corrected chi connectivity index (χ3v) is 2.73. The van der Waals surface area contributed by atoms with Crippen LogP contribution in [0.3, 0.4) is 0 Å². The van der Waals surface area contributed by atoms with E-state index in [-0.39, 0.29) is 11.6 Å². The molecule has 1 aromatic heterocycles. The summed E-state index contributed by atoms with van der Waals surface area (Å²) < 4.78 is 38.3. The summed E-state index contributed by atoms with van der Waals surface area (Å²) >= 11 is 0. The summed E-state index contributed by atoms with van der Waals surface area (Å²) in [5.74, 6) is -0.989. The summed E-state index contributed by atoms with van der Waals surface area (Å²) in [6.45, 7) is 3.83. The van der Waals surface area contributed by atoms with E-state index in [4.69, 9.17) is 0 Å². The van der Waals surface area contributed by atoms with Crippen LogP contribution >= 0.6 is 0 Å². The van der Waals surface area contributed by atoms with E-state index in [0.29, 0.717) is 5.69 Å². The first-order valence-corrected chi connectivity index (χ1v) is 6.27. The number of aromatic nitrogens is 2. The highest BCUT2D eigenvalue weighted by atomic mass is 19.4. The highest BCUT2D eigenvalue weighted by Crippen LogP contribution is 2.29. The number of aryl methyl sites for hydroxylation is 2. The van der Waals surface area contributed by atoms with E-state index in [1.807, 2.05) is 32.0 Å². The molecule has 0 atom stereocenters. The first kappa shape index (κ1) is 15.1. The van der Waals surface area contributed by atoms with E-state index in [2.05, 4.69) is 20.6 Å². The Kier molecular flexibility index (Phi) is 4.02. The molecule has 0 saturated carbocycles. The zero-order chi connectivity index (χ0) is 15.6. The molecule has 0 aliphatic carbocycles. The van der Waals surface area contributed by atoms with Crippen molar-refractivity contribution in [3.63, 3.8) is 0 Å². The normalized spacial score (nSPS) is 11.3. The molecule has 2 rings (SSSR count). The first-order chi connectivity index (χ1) is 9.77. The Labute approximate surface area is 120 Å². The topological polar surface area (TPSA) is 49.8 Å². The lowest BCUT2D eigenvalue weighted by atomic mass is 10.1.